The van der Waals surface area contributed by atoms with Crippen molar-refractivity contribution in [3.63, 3.8) is 0 Å². The van der Waals surface area contributed by atoms with E-state index in [0.717, 1.165) is 32.7 Å². The van der Waals surface area contributed by atoms with E-state index in [1.54, 1.807) is 30.5 Å². The van der Waals surface area contributed by atoms with Gasteiger partial charge in [0.15, 0.2) is 0 Å². The molecular weight excluding hydrogens is 357 g/mol. The Morgan fingerprint density at radius 1 is 1.21 bits per heavy atom. The van der Waals surface area contributed by atoms with Gasteiger partial charge < -0.3 is 20.4 Å². The van der Waals surface area contributed by atoms with Crippen LogP contribution in [0.4, 0.5) is 15.9 Å². The Hall–Kier alpha value is -2.51. The molecule has 28 heavy (non-hydrogen) atoms. The first kappa shape index (κ1) is 20.2. The van der Waals surface area contributed by atoms with Crippen molar-refractivity contribution in [3.05, 3.63) is 54.0 Å². The van der Waals surface area contributed by atoms with Gasteiger partial charge in [0.05, 0.1) is 5.56 Å². The van der Waals surface area contributed by atoms with E-state index in [2.05, 4.69) is 39.4 Å². The van der Waals surface area contributed by atoms with Crippen molar-refractivity contribution in [2.24, 2.45) is 5.92 Å². The van der Waals surface area contributed by atoms with Gasteiger partial charge in [-0.05, 0) is 43.3 Å². The lowest BCUT2D eigenvalue weighted by Gasteiger charge is -2.33. The normalized spacial score (nSPS) is 16.5. The maximum atomic E-state index is 13.4. The Morgan fingerprint density at radius 3 is 2.75 bits per heavy atom. The molecule has 0 aliphatic carbocycles. The molecule has 0 bridgehead atoms. The van der Waals surface area contributed by atoms with Gasteiger partial charge in [-0.15, -0.1) is 0 Å². The van der Waals surface area contributed by atoms with Gasteiger partial charge in [-0.2, -0.15) is 0 Å². The number of carbonyl (C=O) groups is 1. The van der Waals surface area contributed by atoms with E-state index in [9.17, 15) is 9.18 Å². The lowest BCUT2D eigenvalue weighted by atomic mass is 10.1. The summed E-state index contributed by atoms with van der Waals surface area (Å²) >= 11 is 0. The van der Waals surface area contributed by atoms with Crippen molar-refractivity contribution in [2.45, 2.75) is 6.92 Å². The molecule has 6 nitrogen and oxygen atoms in total. The number of rotatable bonds is 7. The molecule has 1 aliphatic heterocycles. The zero-order valence-corrected chi connectivity index (χ0v) is 16.5. The van der Waals surface area contributed by atoms with Gasteiger partial charge in [0.2, 0.25) is 0 Å². The molecule has 1 atom stereocenters. The van der Waals surface area contributed by atoms with Gasteiger partial charge >= 0.3 is 0 Å². The minimum atomic E-state index is -0.343. The fourth-order valence-electron chi connectivity index (χ4n) is 3.29. The predicted octanol–water partition coefficient (Wildman–Crippen LogP) is 2.58. The van der Waals surface area contributed by atoms with Crippen LogP contribution in [0.2, 0.25) is 0 Å². The van der Waals surface area contributed by atoms with E-state index >= 15 is 0 Å². The summed E-state index contributed by atoms with van der Waals surface area (Å²) in [5.41, 5.74) is 0.995. The number of hydrogen-bond donors (Lipinski definition) is 2. The van der Waals surface area contributed by atoms with Crippen LogP contribution >= 0.6 is 0 Å². The number of halogens is 1. The number of anilines is 2. The van der Waals surface area contributed by atoms with Crippen LogP contribution < -0.4 is 10.6 Å². The SMILES string of the molecule is CC(CNC(=O)c1cccnc1Nc1cccc(F)c1)CN1CCN(C)CC1. The van der Waals surface area contributed by atoms with Gasteiger partial charge in [0.1, 0.15) is 11.6 Å². The van der Waals surface area contributed by atoms with Gasteiger partial charge in [0.25, 0.3) is 5.91 Å². The van der Waals surface area contributed by atoms with E-state index in [1.807, 2.05) is 0 Å². The number of piperazine rings is 1. The molecule has 0 spiro atoms. The van der Waals surface area contributed by atoms with Crippen LogP contribution in [0.15, 0.2) is 42.6 Å². The molecule has 0 radical (unpaired) electrons. The molecule has 1 aliphatic rings. The number of benzene rings is 1. The zero-order chi connectivity index (χ0) is 19.9. The molecule has 150 valence electrons. The fourth-order valence-corrected chi connectivity index (χ4v) is 3.29. The van der Waals surface area contributed by atoms with Crippen LogP contribution in [0, 0.1) is 11.7 Å². The largest absolute Gasteiger partial charge is 0.352 e. The molecule has 1 aromatic heterocycles. The summed E-state index contributed by atoms with van der Waals surface area (Å²) in [6, 6.07) is 9.53. The topological polar surface area (TPSA) is 60.5 Å². The highest BCUT2D eigenvalue weighted by molar-refractivity contribution is 5.99. The second-order valence-electron chi connectivity index (χ2n) is 7.45. The molecule has 2 heterocycles. The lowest BCUT2D eigenvalue weighted by molar-refractivity contribution is 0.0938. The Bertz CT molecular complexity index is 792. The number of nitrogens with zero attached hydrogens (tertiary/aromatic N) is 3. The molecule has 1 aromatic carbocycles. The van der Waals surface area contributed by atoms with E-state index in [-0.39, 0.29) is 11.7 Å². The van der Waals surface area contributed by atoms with Crippen molar-refractivity contribution in [1.29, 1.82) is 0 Å². The highest BCUT2D eigenvalue weighted by atomic mass is 19.1. The average molecular weight is 385 g/mol. The highest BCUT2D eigenvalue weighted by Crippen LogP contribution is 2.19. The summed E-state index contributed by atoms with van der Waals surface area (Å²) in [7, 11) is 2.14. The van der Waals surface area contributed by atoms with Crippen LogP contribution in [-0.4, -0.2) is 67.0 Å². The number of amides is 1. The third kappa shape index (κ3) is 5.74. The Balaban J connectivity index is 1.55. The van der Waals surface area contributed by atoms with Crippen LogP contribution in [0.25, 0.3) is 0 Å². The maximum absolute atomic E-state index is 13.4. The summed E-state index contributed by atoms with van der Waals surface area (Å²) in [4.78, 5) is 21.7. The second kappa shape index (κ2) is 9.61. The molecule has 3 rings (SSSR count). The van der Waals surface area contributed by atoms with Crippen molar-refractivity contribution < 1.29 is 9.18 Å². The second-order valence-corrected chi connectivity index (χ2v) is 7.45. The summed E-state index contributed by atoms with van der Waals surface area (Å²) < 4.78 is 13.4. The third-order valence-corrected chi connectivity index (χ3v) is 4.92. The van der Waals surface area contributed by atoms with Gasteiger partial charge in [-0.25, -0.2) is 9.37 Å². The molecule has 7 heteroatoms. The standard InChI is InChI=1S/C21H28FN5O/c1-16(15-27-11-9-26(2)10-12-27)14-24-21(28)19-7-4-8-23-20(19)25-18-6-3-5-17(22)13-18/h3-8,13,16H,9-12,14-15H2,1-2H3,(H,23,25)(H,24,28). The number of aromatic nitrogens is 1. The van der Waals surface area contributed by atoms with E-state index in [1.165, 1.54) is 12.1 Å². The number of hydrogen-bond acceptors (Lipinski definition) is 5. The molecule has 0 saturated carbocycles. The smallest absolute Gasteiger partial charge is 0.255 e. The van der Waals surface area contributed by atoms with Gasteiger partial charge in [-0.3, -0.25) is 4.79 Å². The molecular formula is C21H28FN5O. The summed E-state index contributed by atoms with van der Waals surface area (Å²) in [5, 5.41) is 6.03. The number of pyridine rings is 1. The molecule has 1 fully saturated rings. The van der Waals surface area contributed by atoms with Crippen LogP contribution in [0.1, 0.15) is 17.3 Å². The molecule has 1 unspecified atom stereocenters. The third-order valence-electron chi connectivity index (χ3n) is 4.92. The minimum Gasteiger partial charge on any atom is -0.352 e. The van der Waals surface area contributed by atoms with Crippen molar-refractivity contribution in [2.75, 3.05) is 51.6 Å². The maximum Gasteiger partial charge on any atom is 0.255 e. The first-order valence-electron chi connectivity index (χ1n) is 9.68. The minimum absolute atomic E-state index is 0.183. The average Bonchev–Trinajstić information content (AvgIpc) is 2.68. The zero-order valence-electron chi connectivity index (χ0n) is 16.5. The van der Waals surface area contributed by atoms with E-state index < -0.39 is 0 Å². The van der Waals surface area contributed by atoms with Crippen LogP contribution in [0.5, 0.6) is 0 Å². The first-order valence-corrected chi connectivity index (χ1v) is 9.68. The fraction of sp³-hybridized carbons (Fsp3) is 0.429. The van der Waals surface area contributed by atoms with Gasteiger partial charge in [-0.1, -0.05) is 13.0 Å². The van der Waals surface area contributed by atoms with Crippen LogP contribution in [0.3, 0.4) is 0 Å². The van der Waals surface area contributed by atoms with Crippen molar-refractivity contribution >= 4 is 17.4 Å². The van der Waals surface area contributed by atoms with E-state index in [0.29, 0.717) is 29.5 Å². The monoisotopic (exact) mass is 385 g/mol. The number of nitrogens with one attached hydrogen (secondary N) is 2. The van der Waals surface area contributed by atoms with Gasteiger partial charge in [0, 0.05) is 51.2 Å². The summed E-state index contributed by atoms with van der Waals surface area (Å²) in [5.74, 6) is 0.239. The molecule has 1 amide bonds. The Morgan fingerprint density at radius 2 is 2.00 bits per heavy atom. The summed E-state index contributed by atoms with van der Waals surface area (Å²) in [6.45, 7) is 8.02. The first-order chi connectivity index (χ1) is 13.5. The van der Waals surface area contributed by atoms with Crippen molar-refractivity contribution in [1.82, 2.24) is 20.1 Å². The molecule has 2 aromatic rings. The number of carbonyl (C=O) groups excluding carboxylic acids is 1. The molecule has 1 saturated heterocycles. The highest BCUT2D eigenvalue weighted by Gasteiger charge is 2.18. The summed E-state index contributed by atoms with van der Waals surface area (Å²) in [6.07, 6.45) is 1.61. The molecule has 2 N–H and O–H groups in total. The quantitative estimate of drug-likeness (QED) is 0.767. The Labute approximate surface area is 165 Å². The van der Waals surface area contributed by atoms with E-state index in [4.69, 9.17) is 0 Å². The predicted molar refractivity (Wildman–Crippen MR) is 109 cm³/mol. The Kier molecular flexibility index (Phi) is 6.95. The van der Waals surface area contributed by atoms with Crippen molar-refractivity contribution in [3.8, 4) is 0 Å². The van der Waals surface area contributed by atoms with Crippen LogP contribution in [-0.2, 0) is 0 Å². The lowest BCUT2D eigenvalue weighted by Crippen LogP contribution is -2.46. The number of likely N-dealkylation sites (N-methyl/N-ethyl adjacent to an activating group) is 1.